The summed E-state index contributed by atoms with van der Waals surface area (Å²) in [5.74, 6) is 0.396. The molecule has 224 valence electrons. The average molecular weight is 594 g/mol. The molecule has 46 heavy (non-hydrogen) atoms. The van der Waals surface area contributed by atoms with Crippen LogP contribution in [0, 0.1) is 6.92 Å². The molecule has 0 bridgehead atoms. The second-order valence-corrected chi connectivity index (χ2v) is 13.7. The molecule has 7 aromatic rings. The Hall–Kier alpha value is -5.14. The second-order valence-electron chi connectivity index (χ2n) is 13.7. The number of anilines is 3. The van der Waals surface area contributed by atoms with Crippen molar-refractivity contribution in [3.63, 3.8) is 0 Å². The first kappa shape index (κ1) is 28.3. The summed E-state index contributed by atoms with van der Waals surface area (Å²) in [6, 6.07) is 52.0. The van der Waals surface area contributed by atoms with Crippen molar-refractivity contribution in [3.05, 3.63) is 162 Å². The molecular formula is C45H39N. The van der Waals surface area contributed by atoms with E-state index in [-0.39, 0.29) is 5.41 Å². The van der Waals surface area contributed by atoms with E-state index in [9.17, 15) is 0 Å². The molecule has 0 N–H and O–H groups in total. The van der Waals surface area contributed by atoms with E-state index in [1.54, 1.807) is 0 Å². The number of aryl methyl sites for hydroxylation is 1. The fourth-order valence-corrected chi connectivity index (χ4v) is 7.72. The molecule has 1 aliphatic rings. The van der Waals surface area contributed by atoms with Crippen molar-refractivity contribution in [2.45, 2.75) is 46.0 Å². The van der Waals surface area contributed by atoms with Crippen LogP contribution in [0.4, 0.5) is 17.1 Å². The van der Waals surface area contributed by atoms with Crippen molar-refractivity contribution in [1.82, 2.24) is 0 Å². The monoisotopic (exact) mass is 593 g/mol. The molecule has 0 fully saturated rings. The van der Waals surface area contributed by atoms with Crippen LogP contribution >= 0.6 is 0 Å². The lowest BCUT2D eigenvalue weighted by atomic mass is 9.82. The zero-order valence-corrected chi connectivity index (χ0v) is 27.3. The van der Waals surface area contributed by atoms with E-state index in [2.05, 4.69) is 179 Å². The molecule has 7 aromatic carbocycles. The molecule has 0 unspecified atom stereocenters. The van der Waals surface area contributed by atoms with Gasteiger partial charge in [0.2, 0.25) is 0 Å². The van der Waals surface area contributed by atoms with Crippen LogP contribution < -0.4 is 4.90 Å². The topological polar surface area (TPSA) is 3.24 Å². The number of hydrogen-bond acceptors (Lipinski definition) is 1. The first-order chi connectivity index (χ1) is 22.3. The van der Waals surface area contributed by atoms with Crippen LogP contribution in [0.1, 0.15) is 55.9 Å². The molecule has 0 radical (unpaired) electrons. The van der Waals surface area contributed by atoms with Gasteiger partial charge in [0.1, 0.15) is 0 Å². The lowest BCUT2D eigenvalue weighted by molar-refractivity contribution is 0.660. The predicted octanol–water partition coefficient (Wildman–Crippen LogP) is 12.9. The lowest BCUT2D eigenvalue weighted by Gasteiger charge is -2.31. The Bertz CT molecular complexity index is 2290. The molecule has 1 heteroatoms. The molecule has 1 aliphatic carbocycles. The molecule has 0 saturated carbocycles. The molecular weight excluding hydrogens is 555 g/mol. The van der Waals surface area contributed by atoms with Gasteiger partial charge < -0.3 is 4.90 Å². The molecule has 1 nitrogen and oxygen atoms in total. The Morgan fingerprint density at radius 1 is 0.500 bits per heavy atom. The molecule has 8 rings (SSSR count). The highest BCUT2D eigenvalue weighted by molar-refractivity contribution is 6.00. The summed E-state index contributed by atoms with van der Waals surface area (Å²) >= 11 is 0. The van der Waals surface area contributed by atoms with E-state index in [1.165, 1.54) is 77.4 Å². The predicted molar refractivity (Wildman–Crippen MR) is 198 cm³/mol. The van der Waals surface area contributed by atoms with Gasteiger partial charge in [-0.1, -0.05) is 131 Å². The zero-order chi connectivity index (χ0) is 31.6. The molecule has 0 spiro atoms. The Balaban J connectivity index is 1.44. The van der Waals surface area contributed by atoms with Gasteiger partial charge in [0.25, 0.3) is 0 Å². The van der Waals surface area contributed by atoms with Crippen molar-refractivity contribution >= 4 is 38.6 Å². The SMILES string of the molecule is Cc1cccc2c1-c1ccc(N(c3ccc4ccccc4c3)c3cc4ccccc4cc3-c3ccccc3C(C)C)cc1C2(C)C. The van der Waals surface area contributed by atoms with Crippen molar-refractivity contribution < 1.29 is 0 Å². The van der Waals surface area contributed by atoms with Crippen LogP contribution in [0.2, 0.25) is 0 Å². The molecule has 0 saturated heterocycles. The van der Waals surface area contributed by atoms with E-state index in [0.717, 1.165) is 5.69 Å². The summed E-state index contributed by atoms with van der Waals surface area (Å²) in [6.07, 6.45) is 0. The van der Waals surface area contributed by atoms with Crippen molar-refractivity contribution in [3.8, 4) is 22.3 Å². The molecule has 0 atom stereocenters. The quantitative estimate of drug-likeness (QED) is 0.192. The van der Waals surface area contributed by atoms with Gasteiger partial charge in [-0.05, 0) is 110 Å². The van der Waals surface area contributed by atoms with Crippen LogP contribution in [0.15, 0.2) is 140 Å². The Morgan fingerprint density at radius 2 is 1.13 bits per heavy atom. The average Bonchev–Trinajstić information content (AvgIpc) is 3.31. The minimum Gasteiger partial charge on any atom is -0.310 e. The fourth-order valence-electron chi connectivity index (χ4n) is 7.72. The number of nitrogens with zero attached hydrogens (tertiary/aromatic N) is 1. The van der Waals surface area contributed by atoms with E-state index in [1.807, 2.05) is 0 Å². The summed E-state index contributed by atoms with van der Waals surface area (Å²) in [7, 11) is 0. The van der Waals surface area contributed by atoms with E-state index < -0.39 is 0 Å². The van der Waals surface area contributed by atoms with Gasteiger partial charge in [0.15, 0.2) is 0 Å². The minimum atomic E-state index is -0.0990. The molecule has 0 heterocycles. The minimum absolute atomic E-state index is 0.0990. The van der Waals surface area contributed by atoms with Crippen molar-refractivity contribution in [1.29, 1.82) is 0 Å². The summed E-state index contributed by atoms with van der Waals surface area (Å²) in [6.45, 7) is 11.6. The van der Waals surface area contributed by atoms with Gasteiger partial charge in [0, 0.05) is 22.4 Å². The van der Waals surface area contributed by atoms with E-state index in [0.29, 0.717) is 5.92 Å². The number of benzene rings is 7. The van der Waals surface area contributed by atoms with Gasteiger partial charge in [-0.2, -0.15) is 0 Å². The fraction of sp³-hybridized carbons (Fsp3) is 0.156. The highest BCUT2D eigenvalue weighted by Crippen LogP contribution is 2.52. The van der Waals surface area contributed by atoms with Crippen LogP contribution in [-0.4, -0.2) is 0 Å². The summed E-state index contributed by atoms with van der Waals surface area (Å²) < 4.78 is 0. The Morgan fingerprint density at radius 3 is 1.89 bits per heavy atom. The maximum Gasteiger partial charge on any atom is 0.0546 e. The summed E-state index contributed by atoms with van der Waals surface area (Å²) in [5.41, 5.74) is 14.2. The van der Waals surface area contributed by atoms with Crippen LogP contribution in [0.5, 0.6) is 0 Å². The van der Waals surface area contributed by atoms with Gasteiger partial charge in [-0.3, -0.25) is 0 Å². The van der Waals surface area contributed by atoms with Gasteiger partial charge in [-0.25, -0.2) is 0 Å². The number of fused-ring (bicyclic) bond motifs is 5. The van der Waals surface area contributed by atoms with Gasteiger partial charge in [-0.15, -0.1) is 0 Å². The first-order valence-corrected chi connectivity index (χ1v) is 16.5. The maximum atomic E-state index is 2.50. The second kappa shape index (κ2) is 10.7. The zero-order valence-electron chi connectivity index (χ0n) is 27.3. The van der Waals surface area contributed by atoms with Gasteiger partial charge in [0.05, 0.1) is 5.69 Å². The Labute approximate surface area is 272 Å². The smallest absolute Gasteiger partial charge is 0.0546 e. The number of hydrogen-bond donors (Lipinski definition) is 0. The molecule has 0 aromatic heterocycles. The number of rotatable bonds is 5. The highest BCUT2D eigenvalue weighted by Gasteiger charge is 2.37. The summed E-state index contributed by atoms with van der Waals surface area (Å²) in [4.78, 5) is 2.50. The van der Waals surface area contributed by atoms with Crippen LogP contribution in [0.25, 0.3) is 43.8 Å². The van der Waals surface area contributed by atoms with Crippen LogP contribution in [-0.2, 0) is 5.41 Å². The Kier molecular flexibility index (Phi) is 6.62. The first-order valence-electron chi connectivity index (χ1n) is 16.5. The van der Waals surface area contributed by atoms with Crippen molar-refractivity contribution in [2.24, 2.45) is 0 Å². The third-order valence-electron chi connectivity index (χ3n) is 10.1. The van der Waals surface area contributed by atoms with Gasteiger partial charge >= 0.3 is 0 Å². The van der Waals surface area contributed by atoms with Crippen molar-refractivity contribution in [2.75, 3.05) is 4.90 Å². The lowest BCUT2D eigenvalue weighted by Crippen LogP contribution is -2.17. The van der Waals surface area contributed by atoms with Crippen LogP contribution in [0.3, 0.4) is 0 Å². The largest absolute Gasteiger partial charge is 0.310 e. The standard InChI is InChI=1S/C45H39N/c1-29(2)37-18-10-11-19-38(37)40-26-33-16-8-9-17-34(33)27-43(40)46(35-22-21-31-14-6-7-15-32(31)25-35)36-23-24-39-42(28-36)45(4,5)41-20-12-13-30(3)44(39)41/h6-29H,1-5H3. The third-order valence-corrected chi connectivity index (χ3v) is 10.1. The highest BCUT2D eigenvalue weighted by atomic mass is 15.1. The summed E-state index contributed by atoms with van der Waals surface area (Å²) in [5, 5.41) is 4.97. The maximum absolute atomic E-state index is 2.50. The third kappa shape index (κ3) is 4.45. The normalized spacial score (nSPS) is 13.3. The van der Waals surface area contributed by atoms with E-state index >= 15 is 0 Å². The van der Waals surface area contributed by atoms with E-state index in [4.69, 9.17) is 0 Å². The molecule has 0 amide bonds. The molecule has 0 aliphatic heterocycles.